The topological polar surface area (TPSA) is 84.2 Å². The van der Waals surface area contributed by atoms with Gasteiger partial charge in [-0.25, -0.2) is 4.98 Å². The summed E-state index contributed by atoms with van der Waals surface area (Å²) in [4.78, 5) is 30.0. The van der Waals surface area contributed by atoms with Gasteiger partial charge in [-0.2, -0.15) is 0 Å². The van der Waals surface area contributed by atoms with E-state index < -0.39 is 5.25 Å². The minimum atomic E-state index is -0.510. The molecule has 146 valence electrons. The molecular formula is C20H20ClN3O3S. The lowest BCUT2D eigenvalue weighted by Gasteiger charge is -2.16. The number of aromatic nitrogens is 2. The Balaban J connectivity index is 1.88. The molecule has 28 heavy (non-hydrogen) atoms. The molecule has 0 saturated heterocycles. The molecule has 1 heterocycles. The van der Waals surface area contributed by atoms with E-state index in [-0.39, 0.29) is 18.1 Å². The van der Waals surface area contributed by atoms with Crippen LogP contribution in [0.4, 0.5) is 5.69 Å². The lowest BCUT2D eigenvalue weighted by Crippen LogP contribution is -2.27. The maximum atomic E-state index is 12.9. The van der Waals surface area contributed by atoms with Gasteiger partial charge >= 0.3 is 0 Å². The van der Waals surface area contributed by atoms with E-state index in [2.05, 4.69) is 10.3 Å². The number of hydrogen-bond acceptors (Lipinski definition) is 5. The van der Waals surface area contributed by atoms with Crippen LogP contribution in [0.2, 0.25) is 5.02 Å². The first-order valence-electron chi connectivity index (χ1n) is 8.83. The van der Waals surface area contributed by atoms with Crippen LogP contribution < -0.4 is 10.9 Å². The number of para-hydroxylation sites is 2. The van der Waals surface area contributed by atoms with Crippen LogP contribution in [0.1, 0.15) is 13.3 Å². The van der Waals surface area contributed by atoms with Gasteiger partial charge < -0.3 is 10.4 Å². The number of benzene rings is 2. The van der Waals surface area contributed by atoms with Gasteiger partial charge in [-0.15, -0.1) is 0 Å². The van der Waals surface area contributed by atoms with E-state index in [0.717, 1.165) is 0 Å². The predicted octanol–water partition coefficient (Wildman–Crippen LogP) is 3.55. The highest BCUT2D eigenvalue weighted by atomic mass is 35.5. The number of carbonyl (C=O) groups is 1. The van der Waals surface area contributed by atoms with Gasteiger partial charge in [0.05, 0.1) is 26.9 Å². The molecule has 3 aromatic rings. The highest BCUT2D eigenvalue weighted by Crippen LogP contribution is 2.26. The third-order valence-corrected chi connectivity index (χ3v) is 5.57. The minimum absolute atomic E-state index is 0.0358. The van der Waals surface area contributed by atoms with E-state index in [9.17, 15) is 9.59 Å². The summed E-state index contributed by atoms with van der Waals surface area (Å²) in [6, 6.07) is 14.1. The number of anilines is 1. The summed E-state index contributed by atoms with van der Waals surface area (Å²) in [6.07, 6.45) is 0.424. The number of aliphatic hydroxyl groups excluding tert-OH is 1. The zero-order valence-electron chi connectivity index (χ0n) is 15.3. The second kappa shape index (κ2) is 9.23. The second-order valence-electron chi connectivity index (χ2n) is 6.17. The smallest absolute Gasteiger partial charge is 0.262 e. The van der Waals surface area contributed by atoms with Crippen molar-refractivity contribution in [1.82, 2.24) is 9.55 Å². The van der Waals surface area contributed by atoms with Crippen molar-refractivity contribution in [2.24, 2.45) is 0 Å². The molecule has 2 N–H and O–H groups in total. The number of nitrogens with one attached hydrogen (secondary N) is 1. The maximum Gasteiger partial charge on any atom is 0.262 e. The first kappa shape index (κ1) is 20.4. The van der Waals surface area contributed by atoms with Crippen LogP contribution in [0.3, 0.4) is 0 Å². The Kier molecular flexibility index (Phi) is 6.72. The van der Waals surface area contributed by atoms with Crippen molar-refractivity contribution in [2.75, 3.05) is 11.9 Å². The molecule has 0 aliphatic carbocycles. The van der Waals surface area contributed by atoms with Crippen LogP contribution in [-0.2, 0) is 11.3 Å². The van der Waals surface area contributed by atoms with Crippen molar-refractivity contribution in [3.63, 3.8) is 0 Å². The van der Waals surface area contributed by atoms with Gasteiger partial charge in [0.1, 0.15) is 0 Å². The van der Waals surface area contributed by atoms with E-state index in [0.29, 0.717) is 39.7 Å². The molecule has 0 radical (unpaired) electrons. The molecular weight excluding hydrogens is 398 g/mol. The predicted molar refractivity (Wildman–Crippen MR) is 113 cm³/mol. The van der Waals surface area contributed by atoms with E-state index in [4.69, 9.17) is 16.7 Å². The molecule has 2 aromatic carbocycles. The van der Waals surface area contributed by atoms with Crippen molar-refractivity contribution in [2.45, 2.75) is 30.3 Å². The SMILES string of the molecule is C[C@@H](Sc1nc2ccccc2c(=O)n1CCCO)C(=O)Nc1ccccc1Cl. The summed E-state index contributed by atoms with van der Waals surface area (Å²) < 4.78 is 1.52. The van der Waals surface area contributed by atoms with Crippen LogP contribution in [0.5, 0.6) is 0 Å². The molecule has 0 spiro atoms. The largest absolute Gasteiger partial charge is 0.396 e. The molecule has 0 fully saturated rings. The summed E-state index contributed by atoms with van der Waals surface area (Å²) in [5, 5.41) is 12.9. The van der Waals surface area contributed by atoms with Gasteiger partial charge in [0.15, 0.2) is 5.16 Å². The third kappa shape index (κ3) is 4.55. The lowest BCUT2D eigenvalue weighted by atomic mass is 10.2. The first-order chi connectivity index (χ1) is 13.5. The Morgan fingerprint density at radius 2 is 1.96 bits per heavy atom. The Morgan fingerprint density at radius 3 is 2.71 bits per heavy atom. The van der Waals surface area contributed by atoms with Crippen LogP contribution >= 0.6 is 23.4 Å². The van der Waals surface area contributed by atoms with Gasteiger partial charge in [0.25, 0.3) is 5.56 Å². The van der Waals surface area contributed by atoms with E-state index in [1.807, 2.05) is 6.07 Å². The summed E-state index contributed by atoms with van der Waals surface area (Å²) in [5.41, 5.74) is 0.931. The fraction of sp³-hybridized carbons (Fsp3) is 0.250. The molecule has 1 amide bonds. The Bertz CT molecular complexity index is 1050. The third-order valence-electron chi connectivity index (χ3n) is 4.15. The maximum absolute atomic E-state index is 12.9. The average Bonchev–Trinajstić information content (AvgIpc) is 2.69. The molecule has 1 atom stereocenters. The Hall–Kier alpha value is -2.35. The number of fused-ring (bicyclic) bond motifs is 1. The van der Waals surface area contributed by atoms with Crippen molar-refractivity contribution in [3.05, 3.63) is 63.9 Å². The Morgan fingerprint density at radius 1 is 1.25 bits per heavy atom. The number of halogens is 1. The minimum Gasteiger partial charge on any atom is -0.396 e. The van der Waals surface area contributed by atoms with Crippen molar-refractivity contribution >= 4 is 45.9 Å². The number of rotatable bonds is 7. The standard InChI is InChI=1S/C20H20ClN3O3S/c1-13(18(26)22-17-10-5-3-8-15(17)21)28-20-23-16-9-4-2-7-14(16)19(27)24(20)11-6-12-25/h2-5,7-10,13,25H,6,11-12H2,1H3,(H,22,26)/t13-/m1/s1. The van der Waals surface area contributed by atoms with Crippen LogP contribution in [0.15, 0.2) is 58.5 Å². The number of hydrogen-bond donors (Lipinski definition) is 2. The molecule has 0 bridgehead atoms. The van der Waals surface area contributed by atoms with Gasteiger partial charge in [0, 0.05) is 13.2 Å². The molecule has 8 heteroatoms. The molecule has 0 aliphatic rings. The van der Waals surface area contributed by atoms with Crippen LogP contribution in [0.25, 0.3) is 10.9 Å². The normalized spacial score (nSPS) is 12.1. The monoisotopic (exact) mass is 417 g/mol. The van der Waals surface area contributed by atoms with Crippen molar-refractivity contribution < 1.29 is 9.90 Å². The van der Waals surface area contributed by atoms with Crippen molar-refractivity contribution in [1.29, 1.82) is 0 Å². The highest BCUT2D eigenvalue weighted by Gasteiger charge is 2.20. The van der Waals surface area contributed by atoms with Crippen LogP contribution in [0, 0.1) is 0 Å². The van der Waals surface area contributed by atoms with Gasteiger partial charge in [-0.05, 0) is 37.6 Å². The molecule has 0 unspecified atom stereocenters. The summed E-state index contributed by atoms with van der Waals surface area (Å²) in [6.45, 7) is 2.04. The molecule has 6 nitrogen and oxygen atoms in total. The van der Waals surface area contributed by atoms with E-state index >= 15 is 0 Å². The fourth-order valence-corrected chi connectivity index (χ4v) is 3.79. The zero-order valence-corrected chi connectivity index (χ0v) is 16.8. The number of aliphatic hydroxyl groups is 1. The summed E-state index contributed by atoms with van der Waals surface area (Å²) in [5.74, 6) is -0.241. The molecule has 0 aliphatic heterocycles. The summed E-state index contributed by atoms with van der Waals surface area (Å²) in [7, 11) is 0. The molecule has 1 aromatic heterocycles. The van der Waals surface area contributed by atoms with E-state index in [1.54, 1.807) is 49.4 Å². The van der Waals surface area contributed by atoms with Gasteiger partial charge in [0.2, 0.25) is 5.91 Å². The van der Waals surface area contributed by atoms with Crippen LogP contribution in [-0.4, -0.2) is 32.4 Å². The first-order valence-corrected chi connectivity index (χ1v) is 10.1. The average molecular weight is 418 g/mol. The van der Waals surface area contributed by atoms with E-state index in [1.165, 1.54) is 16.3 Å². The lowest BCUT2D eigenvalue weighted by molar-refractivity contribution is -0.115. The number of thioether (sulfide) groups is 1. The van der Waals surface area contributed by atoms with Gasteiger partial charge in [-0.3, -0.25) is 14.2 Å². The second-order valence-corrected chi connectivity index (χ2v) is 7.89. The number of nitrogens with zero attached hydrogens (tertiary/aromatic N) is 2. The molecule has 3 rings (SSSR count). The molecule has 0 saturated carbocycles. The zero-order chi connectivity index (χ0) is 20.1. The Labute approximate surface area is 171 Å². The number of carbonyl (C=O) groups excluding carboxylic acids is 1. The van der Waals surface area contributed by atoms with Crippen molar-refractivity contribution in [3.8, 4) is 0 Å². The van der Waals surface area contributed by atoms with Gasteiger partial charge in [-0.1, -0.05) is 47.6 Å². The highest BCUT2D eigenvalue weighted by molar-refractivity contribution is 8.00. The quantitative estimate of drug-likeness (QED) is 0.453. The fourth-order valence-electron chi connectivity index (χ4n) is 2.67. The summed E-state index contributed by atoms with van der Waals surface area (Å²) >= 11 is 7.30. The number of amides is 1.